The van der Waals surface area contributed by atoms with Gasteiger partial charge in [-0.3, -0.25) is 4.99 Å². The van der Waals surface area contributed by atoms with Crippen LogP contribution in [0.1, 0.15) is 50.7 Å². The third-order valence-electron chi connectivity index (χ3n) is 3.30. The molecule has 128 valence electrons. The molecule has 0 unspecified atom stereocenters. The van der Waals surface area contributed by atoms with Crippen LogP contribution in [0, 0.1) is 5.92 Å². The number of hydrogen-bond donors (Lipinski definition) is 2. The molecule has 0 bridgehead atoms. The summed E-state index contributed by atoms with van der Waals surface area (Å²) in [5, 5.41) is 10.1. The Balaban J connectivity index is 0.00000441. The van der Waals surface area contributed by atoms with E-state index in [1.54, 1.807) is 11.3 Å². The Bertz CT molecular complexity index is 418. The third kappa shape index (κ3) is 9.61. The first kappa shape index (κ1) is 21.6. The van der Waals surface area contributed by atoms with Gasteiger partial charge in [0.25, 0.3) is 0 Å². The van der Waals surface area contributed by atoms with E-state index in [9.17, 15) is 0 Å². The molecule has 0 amide bonds. The number of nitrogens with one attached hydrogen (secondary N) is 2. The summed E-state index contributed by atoms with van der Waals surface area (Å²) in [6, 6.07) is 0. The number of aryl methyl sites for hydroxylation is 1. The van der Waals surface area contributed by atoms with Gasteiger partial charge in [0.05, 0.1) is 10.7 Å². The van der Waals surface area contributed by atoms with E-state index >= 15 is 0 Å². The van der Waals surface area contributed by atoms with Crippen LogP contribution in [0.5, 0.6) is 0 Å². The minimum absolute atomic E-state index is 0. The summed E-state index contributed by atoms with van der Waals surface area (Å²) in [6.45, 7) is 8.56. The molecule has 0 saturated heterocycles. The van der Waals surface area contributed by atoms with Crippen LogP contribution in [0.4, 0.5) is 0 Å². The minimum atomic E-state index is 0. The van der Waals surface area contributed by atoms with E-state index in [-0.39, 0.29) is 24.0 Å². The summed E-state index contributed by atoms with van der Waals surface area (Å²) >= 11 is 1.75. The molecular weight excluding hydrogens is 407 g/mol. The van der Waals surface area contributed by atoms with Crippen molar-refractivity contribution in [3.8, 4) is 0 Å². The topological polar surface area (TPSA) is 49.3 Å². The van der Waals surface area contributed by atoms with Crippen LogP contribution < -0.4 is 10.6 Å². The Morgan fingerprint density at radius 1 is 1.27 bits per heavy atom. The van der Waals surface area contributed by atoms with Crippen molar-refractivity contribution in [2.45, 2.75) is 52.9 Å². The first-order valence-electron chi connectivity index (χ1n) is 8.03. The maximum Gasteiger partial charge on any atom is 0.190 e. The van der Waals surface area contributed by atoms with Crippen LogP contribution in [0.2, 0.25) is 0 Å². The van der Waals surface area contributed by atoms with Crippen molar-refractivity contribution in [1.82, 2.24) is 15.6 Å². The van der Waals surface area contributed by atoms with Crippen LogP contribution in [-0.2, 0) is 12.8 Å². The van der Waals surface area contributed by atoms with Crippen LogP contribution in [0.15, 0.2) is 10.4 Å². The van der Waals surface area contributed by atoms with Gasteiger partial charge in [0.1, 0.15) is 0 Å². The van der Waals surface area contributed by atoms with Gasteiger partial charge in [-0.1, -0.05) is 33.6 Å². The number of aromatic nitrogens is 1. The molecular formula is C16H31IN4S. The van der Waals surface area contributed by atoms with E-state index in [1.165, 1.54) is 30.0 Å². The van der Waals surface area contributed by atoms with Crippen LogP contribution in [0.25, 0.3) is 0 Å². The quantitative estimate of drug-likeness (QED) is 0.267. The number of rotatable bonds is 9. The molecule has 0 aliphatic rings. The number of thiazole rings is 1. The van der Waals surface area contributed by atoms with E-state index in [1.807, 2.05) is 7.05 Å². The standard InChI is InChI=1S/C16H30N4S.HI/c1-5-15-20-14(12-21-15)9-11-19-16(17-4)18-10-7-6-8-13(2)3;/h12-13H,5-11H2,1-4H3,(H2,17,18,19);1H. The Hall–Kier alpha value is -0.370. The molecule has 2 N–H and O–H groups in total. The highest BCUT2D eigenvalue weighted by Crippen LogP contribution is 2.10. The highest BCUT2D eigenvalue weighted by molar-refractivity contribution is 14.0. The normalized spacial score (nSPS) is 11.4. The van der Waals surface area contributed by atoms with E-state index < -0.39 is 0 Å². The second kappa shape index (κ2) is 13.1. The molecule has 0 aliphatic carbocycles. The summed E-state index contributed by atoms with van der Waals surface area (Å²) < 4.78 is 0. The Labute approximate surface area is 156 Å². The molecule has 1 heterocycles. The Morgan fingerprint density at radius 2 is 2.00 bits per heavy atom. The van der Waals surface area contributed by atoms with Crippen molar-refractivity contribution in [1.29, 1.82) is 0 Å². The maximum absolute atomic E-state index is 4.57. The Morgan fingerprint density at radius 3 is 2.59 bits per heavy atom. The maximum atomic E-state index is 4.57. The minimum Gasteiger partial charge on any atom is -0.356 e. The highest BCUT2D eigenvalue weighted by Gasteiger charge is 2.01. The van der Waals surface area contributed by atoms with Gasteiger partial charge in [-0.2, -0.15) is 0 Å². The Kier molecular flexibility index (Phi) is 12.9. The van der Waals surface area contributed by atoms with E-state index in [4.69, 9.17) is 0 Å². The van der Waals surface area contributed by atoms with Gasteiger partial charge < -0.3 is 10.6 Å². The van der Waals surface area contributed by atoms with Crippen LogP contribution in [-0.4, -0.2) is 31.1 Å². The second-order valence-electron chi connectivity index (χ2n) is 5.65. The van der Waals surface area contributed by atoms with Gasteiger partial charge in [-0.25, -0.2) is 4.98 Å². The second-order valence-corrected chi connectivity index (χ2v) is 6.59. The fraction of sp³-hybridized carbons (Fsp3) is 0.750. The highest BCUT2D eigenvalue weighted by atomic mass is 127. The van der Waals surface area contributed by atoms with Crippen molar-refractivity contribution in [2.24, 2.45) is 10.9 Å². The van der Waals surface area contributed by atoms with Gasteiger partial charge in [0.15, 0.2) is 5.96 Å². The van der Waals surface area contributed by atoms with E-state index in [0.29, 0.717) is 0 Å². The van der Waals surface area contributed by atoms with Crippen molar-refractivity contribution >= 4 is 41.3 Å². The molecule has 0 aromatic carbocycles. The molecule has 4 nitrogen and oxygen atoms in total. The predicted octanol–water partition coefficient (Wildman–Crippen LogP) is 3.86. The average Bonchev–Trinajstić information content (AvgIpc) is 2.92. The van der Waals surface area contributed by atoms with Crippen molar-refractivity contribution in [2.75, 3.05) is 20.1 Å². The van der Waals surface area contributed by atoms with Gasteiger partial charge in [0, 0.05) is 31.9 Å². The number of hydrogen-bond acceptors (Lipinski definition) is 3. The SMILES string of the molecule is CCc1nc(CCNC(=NC)NCCCCC(C)C)cs1.I. The lowest BCUT2D eigenvalue weighted by Gasteiger charge is -2.11. The zero-order valence-electron chi connectivity index (χ0n) is 14.3. The van der Waals surface area contributed by atoms with Crippen molar-refractivity contribution in [3.63, 3.8) is 0 Å². The molecule has 0 fully saturated rings. The largest absolute Gasteiger partial charge is 0.356 e. The molecule has 0 atom stereocenters. The number of nitrogens with zero attached hydrogens (tertiary/aromatic N) is 2. The molecule has 0 aliphatic heterocycles. The van der Waals surface area contributed by atoms with E-state index in [0.717, 1.165) is 37.8 Å². The van der Waals surface area contributed by atoms with Gasteiger partial charge >= 0.3 is 0 Å². The first-order valence-corrected chi connectivity index (χ1v) is 8.91. The summed E-state index contributed by atoms with van der Waals surface area (Å²) in [5.74, 6) is 1.69. The number of guanidine groups is 1. The number of halogens is 1. The molecule has 22 heavy (non-hydrogen) atoms. The van der Waals surface area contributed by atoms with Crippen molar-refractivity contribution < 1.29 is 0 Å². The summed E-state index contributed by atoms with van der Waals surface area (Å²) in [7, 11) is 1.82. The molecule has 1 aromatic heterocycles. The number of unbranched alkanes of at least 4 members (excludes halogenated alkanes) is 1. The number of aliphatic imine (C=N–C) groups is 1. The monoisotopic (exact) mass is 438 g/mol. The van der Waals surface area contributed by atoms with Gasteiger partial charge in [-0.05, 0) is 18.8 Å². The smallest absolute Gasteiger partial charge is 0.190 e. The fourth-order valence-corrected chi connectivity index (χ4v) is 2.82. The lowest BCUT2D eigenvalue weighted by atomic mass is 10.1. The predicted molar refractivity (Wildman–Crippen MR) is 109 cm³/mol. The lowest BCUT2D eigenvalue weighted by Crippen LogP contribution is -2.38. The van der Waals surface area contributed by atoms with Gasteiger partial charge in [0.2, 0.25) is 0 Å². The fourth-order valence-electron chi connectivity index (χ4n) is 2.04. The molecule has 1 aromatic rings. The lowest BCUT2D eigenvalue weighted by molar-refractivity contribution is 0.534. The molecule has 0 radical (unpaired) electrons. The zero-order chi connectivity index (χ0) is 15.5. The van der Waals surface area contributed by atoms with Crippen molar-refractivity contribution in [3.05, 3.63) is 16.1 Å². The molecule has 6 heteroatoms. The average molecular weight is 438 g/mol. The first-order chi connectivity index (χ1) is 10.2. The molecule has 0 saturated carbocycles. The third-order valence-corrected chi connectivity index (χ3v) is 4.34. The summed E-state index contributed by atoms with van der Waals surface area (Å²) in [6.07, 6.45) is 5.75. The molecule has 0 spiro atoms. The summed E-state index contributed by atoms with van der Waals surface area (Å²) in [5.41, 5.74) is 1.18. The summed E-state index contributed by atoms with van der Waals surface area (Å²) in [4.78, 5) is 8.82. The van der Waals surface area contributed by atoms with E-state index in [2.05, 4.69) is 46.8 Å². The molecule has 1 rings (SSSR count). The van der Waals surface area contributed by atoms with Gasteiger partial charge in [-0.15, -0.1) is 35.3 Å². The van der Waals surface area contributed by atoms with Crippen LogP contribution in [0.3, 0.4) is 0 Å². The van der Waals surface area contributed by atoms with Crippen LogP contribution >= 0.6 is 35.3 Å². The zero-order valence-corrected chi connectivity index (χ0v) is 17.5.